The number of nitrogens with zero attached hydrogens (tertiary/aromatic N) is 3. The number of nitrogens with two attached hydrogens (primary N) is 1. The predicted molar refractivity (Wildman–Crippen MR) is 54.9 cm³/mol. The van der Waals surface area contributed by atoms with Gasteiger partial charge in [0.1, 0.15) is 0 Å². The summed E-state index contributed by atoms with van der Waals surface area (Å²) in [5.41, 5.74) is 6.53. The lowest BCUT2D eigenvalue weighted by Gasteiger charge is -1.96. The molecule has 0 spiro atoms. The summed E-state index contributed by atoms with van der Waals surface area (Å²) < 4.78 is 5.07. The van der Waals surface area contributed by atoms with Crippen molar-refractivity contribution >= 4 is 0 Å². The molecule has 2 heterocycles. The molecule has 0 aliphatic rings. The lowest BCUT2D eigenvalue weighted by atomic mass is 10.2. The third-order valence-electron chi connectivity index (χ3n) is 1.90. The van der Waals surface area contributed by atoms with E-state index in [1.54, 1.807) is 12.4 Å². The zero-order valence-electron chi connectivity index (χ0n) is 8.42. The van der Waals surface area contributed by atoms with Crippen LogP contribution in [0.1, 0.15) is 12.8 Å². The van der Waals surface area contributed by atoms with Crippen LogP contribution in [-0.4, -0.2) is 21.2 Å². The van der Waals surface area contributed by atoms with E-state index in [9.17, 15) is 0 Å². The van der Waals surface area contributed by atoms with Crippen LogP contribution in [0.25, 0.3) is 11.4 Å². The molecule has 1 atom stereocenters. The Labute approximate surface area is 87.3 Å². The van der Waals surface area contributed by atoms with Gasteiger partial charge in [0.05, 0.1) is 0 Å². The summed E-state index contributed by atoms with van der Waals surface area (Å²) in [5.74, 6) is 1.14. The molecule has 0 aliphatic heterocycles. The highest BCUT2D eigenvalue weighted by Crippen LogP contribution is 2.14. The summed E-state index contributed by atoms with van der Waals surface area (Å²) in [6.45, 7) is 1.90. The van der Waals surface area contributed by atoms with E-state index in [-0.39, 0.29) is 6.04 Å². The number of hydrogen-bond donors (Lipinski definition) is 1. The minimum Gasteiger partial charge on any atom is -0.339 e. The molecule has 2 aromatic rings. The first-order chi connectivity index (χ1) is 7.25. The maximum atomic E-state index is 5.63. The van der Waals surface area contributed by atoms with Gasteiger partial charge in [0, 0.05) is 30.4 Å². The van der Waals surface area contributed by atoms with Gasteiger partial charge < -0.3 is 10.3 Å². The Hall–Kier alpha value is -1.75. The Morgan fingerprint density at radius 3 is 2.80 bits per heavy atom. The summed E-state index contributed by atoms with van der Waals surface area (Å²) in [4.78, 5) is 8.16. The van der Waals surface area contributed by atoms with Crippen LogP contribution in [0.5, 0.6) is 0 Å². The van der Waals surface area contributed by atoms with E-state index in [1.165, 1.54) is 0 Å². The van der Waals surface area contributed by atoms with Crippen molar-refractivity contribution in [2.45, 2.75) is 19.4 Å². The molecule has 78 valence electrons. The van der Waals surface area contributed by atoms with Crippen molar-refractivity contribution < 1.29 is 4.52 Å². The minimum absolute atomic E-state index is 0.0238. The average Bonchev–Trinajstić information content (AvgIpc) is 2.67. The van der Waals surface area contributed by atoms with E-state index in [2.05, 4.69) is 15.1 Å². The van der Waals surface area contributed by atoms with Gasteiger partial charge in [0.25, 0.3) is 0 Å². The second-order valence-electron chi connectivity index (χ2n) is 3.43. The Balaban J connectivity index is 2.21. The third-order valence-corrected chi connectivity index (χ3v) is 1.90. The molecular formula is C10H12N4O. The van der Waals surface area contributed by atoms with Crippen LogP contribution < -0.4 is 5.73 Å². The topological polar surface area (TPSA) is 77.8 Å². The van der Waals surface area contributed by atoms with Gasteiger partial charge in [-0.05, 0) is 19.1 Å². The van der Waals surface area contributed by atoms with Gasteiger partial charge in [-0.15, -0.1) is 0 Å². The standard InChI is InChI=1S/C10H12N4O/c1-7(11)6-9-13-10(14-15-9)8-2-4-12-5-3-8/h2-5,7H,6,11H2,1H3. The highest BCUT2D eigenvalue weighted by atomic mass is 16.5. The van der Waals surface area contributed by atoms with Crippen molar-refractivity contribution in [3.8, 4) is 11.4 Å². The largest absolute Gasteiger partial charge is 0.339 e. The van der Waals surface area contributed by atoms with Gasteiger partial charge in [0.2, 0.25) is 11.7 Å². The van der Waals surface area contributed by atoms with Crippen molar-refractivity contribution in [1.82, 2.24) is 15.1 Å². The van der Waals surface area contributed by atoms with E-state index >= 15 is 0 Å². The maximum absolute atomic E-state index is 5.63. The number of aromatic nitrogens is 3. The fourth-order valence-electron chi connectivity index (χ4n) is 1.23. The fraction of sp³-hybridized carbons (Fsp3) is 0.300. The van der Waals surface area contributed by atoms with Crippen LogP contribution in [-0.2, 0) is 6.42 Å². The molecule has 0 saturated heterocycles. The lowest BCUT2D eigenvalue weighted by Crippen LogP contribution is -2.17. The Kier molecular flexibility index (Phi) is 2.73. The second kappa shape index (κ2) is 4.18. The normalized spacial score (nSPS) is 12.7. The van der Waals surface area contributed by atoms with E-state index in [1.807, 2.05) is 19.1 Å². The van der Waals surface area contributed by atoms with Crippen LogP contribution in [0.2, 0.25) is 0 Å². The molecule has 2 aromatic heterocycles. The number of rotatable bonds is 3. The smallest absolute Gasteiger partial charge is 0.228 e. The van der Waals surface area contributed by atoms with Crippen LogP contribution in [0, 0.1) is 0 Å². The number of pyridine rings is 1. The van der Waals surface area contributed by atoms with E-state index in [4.69, 9.17) is 10.3 Å². The highest BCUT2D eigenvalue weighted by Gasteiger charge is 2.09. The van der Waals surface area contributed by atoms with Gasteiger partial charge in [0.15, 0.2) is 0 Å². The van der Waals surface area contributed by atoms with Crippen molar-refractivity contribution in [3.63, 3.8) is 0 Å². The van der Waals surface area contributed by atoms with Gasteiger partial charge in [-0.1, -0.05) is 5.16 Å². The monoisotopic (exact) mass is 204 g/mol. The molecular weight excluding hydrogens is 192 g/mol. The predicted octanol–water partition coefficient (Wildman–Crippen LogP) is 1.02. The summed E-state index contributed by atoms with van der Waals surface area (Å²) in [7, 11) is 0. The molecule has 0 fully saturated rings. The van der Waals surface area contributed by atoms with Gasteiger partial charge >= 0.3 is 0 Å². The summed E-state index contributed by atoms with van der Waals surface area (Å²) in [6, 6.07) is 3.69. The molecule has 0 amide bonds. The van der Waals surface area contributed by atoms with E-state index < -0.39 is 0 Å². The molecule has 5 heteroatoms. The molecule has 5 nitrogen and oxygen atoms in total. The van der Waals surface area contributed by atoms with Gasteiger partial charge in [-0.25, -0.2) is 0 Å². The highest BCUT2D eigenvalue weighted by molar-refractivity contribution is 5.52. The number of hydrogen-bond acceptors (Lipinski definition) is 5. The van der Waals surface area contributed by atoms with E-state index in [0.29, 0.717) is 18.1 Å². The molecule has 2 rings (SSSR count). The summed E-state index contributed by atoms with van der Waals surface area (Å²) >= 11 is 0. The maximum Gasteiger partial charge on any atom is 0.228 e. The van der Waals surface area contributed by atoms with Crippen LogP contribution in [0.15, 0.2) is 29.0 Å². The van der Waals surface area contributed by atoms with Crippen LogP contribution >= 0.6 is 0 Å². The Morgan fingerprint density at radius 1 is 1.40 bits per heavy atom. The lowest BCUT2D eigenvalue weighted by molar-refractivity contribution is 0.372. The summed E-state index contributed by atoms with van der Waals surface area (Å²) in [6.07, 6.45) is 3.98. The Bertz CT molecular complexity index is 424. The fourth-order valence-corrected chi connectivity index (χ4v) is 1.23. The SMILES string of the molecule is CC(N)Cc1nc(-c2ccncc2)no1. The summed E-state index contributed by atoms with van der Waals surface area (Å²) in [5, 5.41) is 3.87. The first-order valence-corrected chi connectivity index (χ1v) is 4.74. The molecule has 0 radical (unpaired) electrons. The molecule has 0 aliphatic carbocycles. The quantitative estimate of drug-likeness (QED) is 0.807. The van der Waals surface area contributed by atoms with Gasteiger partial charge in [-0.2, -0.15) is 4.98 Å². The van der Waals surface area contributed by atoms with Crippen molar-refractivity contribution in [1.29, 1.82) is 0 Å². The molecule has 0 aromatic carbocycles. The third kappa shape index (κ3) is 2.38. The molecule has 15 heavy (non-hydrogen) atoms. The molecule has 0 bridgehead atoms. The second-order valence-corrected chi connectivity index (χ2v) is 3.43. The molecule has 2 N–H and O–H groups in total. The first-order valence-electron chi connectivity index (χ1n) is 4.74. The van der Waals surface area contributed by atoms with Crippen molar-refractivity contribution in [2.24, 2.45) is 5.73 Å². The molecule has 1 unspecified atom stereocenters. The van der Waals surface area contributed by atoms with Crippen LogP contribution in [0.4, 0.5) is 0 Å². The zero-order valence-corrected chi connectivity index (χ0v) is 8.42. The van der Waals surface area contributed by atoms with Crippen molar-refractivity contribution in [3.05, 3.63) is 30.4 Å². The first kappa shape index (κ1) is 9.79. The Morgan fingerprint density at radius 2 is 2.13 bits per heavy atom. The molecule has 0 saturated carbocycles. The van der Waals surface area contributed by atoms with Crippen molar-refractivity contribution in [2.75, 3.05) is 0 Å². The van der Waals surface area contributed by atoms with Gasteiger partial charge in [-0.3, -0.25) is 4.98 Å². The van der Waals surface area contributed by atoms with Crippen LogP contribution in [0.3, 0.4) is 0 Å². The van der Waals surface area contributed by atoms with E-state index in [0.717, 1.165) is 5.56 Å². The minimum atomic E-state index is 0.0238. The average molecular weight is 204 g/mol. The zero-order chi connectivity index (χ0) is 10.7.